The molecule has 0 atom stereocenters. The van der Waals surface area contributed by atoms with Crippen molar-refractivity contribution in [3.63, 3.8) is 0 Å². The summed E-state index contributed by atoms with van der Waals surface area (Å²) in [6.45, 7) is 0. The number of nitrogens with one attached hydrogen (secondary N) is 2. The van der Waals surface area contributed by atoms with Crippen molar-refractivity contribution >= 4 is 29.3 Å². The van der Waals surface area contributed by atoms with Gasteiger partial charge in [0.25, 0.3) is 0 Å². The molecule has 0 aromatic carbocycles. The number of nitrogens with two attached hydrogens (primary N) is 2. The standard InChI is InChI=1S/C15H36N4O6Si2/c1-20-26(21-2,22-3)11-7-9-15(13(16)17,14(18)19)10-8-12-27(23-4,24-5)25-6/h7-12H2,1-6H3,(H3,16,17)(H3,18,19). The van der Waals surface area contributed by atoms with Crippen LogP contribution in [0.4, 0.5) is 0 Å². The highest BCUT2D eigenvalue weighted by Gasteiger charge is 2.43. The normalized spacial score (nSPS) is 13.0. The first kappa shape index (κ1) is 26.1. The molecule has 10 nitrogen and oxygen atoms in total. The first-order valence-corrected chi connectivity index (χ1v) is 12.5. The van der Waals surface area contributed by atoms with Crippen molar-refractivity contribution in [2.75, 3.05) is 42.7 Å². The second kappa shape index (κ2) is 11.9. The van der Waals surface area contributed by atoms with E-state index in [1.807, 2.05) is 0 Å². The fraction of sp³-hybridized carbons (Fsp3) is 0.867. The molecule has 0 unspecified atom stereocenters. The molecular formula is C15H36N4O6Si2. The van der Waals surface area contributed by atoms with Crippen LogP contribution < -0.4 is 11.5 Å². The van der Waals surface area contributed by atoms with Crippen LogP contribution in [0.2, 0.25) is 12.1 Å². The van der Waals surface area contributed by atoms with Gasteiger partial charge >= 0.3 is 17.6 Å². The molecule has 0 aliphatic rings. The topological polar surface area (TPSA) is 155 Å². The molecule has 160 valence electrons. The second-order valence-electron chi connectivity index (χ2n) is 6.21. The predicted molar refractivity (Wildman–Crippen MR) is 108 cm³/mol. The summed E-state index contributed by atoms with van der Waals surface area (Å²) in [5.41, 5.74) is 10.7. The zero-order valence-electron chi connectivity index (χ0n) is 17.3. The summed E-state index contributed by atoms with van der Waals surface area (Å²) >= 11 is 0. The van der Waals surface area contributed by atoms with Crippen molar-refractivity contribution in [2.24, 2.45) is 16.9 Å². The average molecular weight is 425 g/mol. The fourth-order valence-corrected chi connectivity index (χ4v) is 6.58. The fourth-order valence-electron chi connectivity index (χ4n) is 3.13. The third-order valence-electron chi connectivity index (χ3n) is 5.07. The zero-order valence-corrected chi connectivity index (χ0v) is 19.3. The van der Waals surface area contributed by atoms with E-state index in [0.717, 1.165) is 0 Å². The van der Waals surface area contributed by atoms with E-state index < -0.39 is 23.0 Å². The minimum Gasteiger partial charge on any atom is -0.387 e. The van der Waals surface area contributed by atoms with Crippen molar-refractivity contribution < 1.29 is 26.6 Å². The summed E-state index contributed by atoms with van der Waals surface area (Å²) < 4.78 is 32.5. The smallest absolute Gasteiger partial charge is 0.387 e. The van der Waals surface area contributed by atoms with Crippen molar-refractivity contribution in [3.05, 3.63) is 0 Å². The Bertz CT molecular complexity index is 417. The molecule has 6 N–H and O–H groups in total. The lowest BCUT2D eigenvalue weighted by atomic mass is 9.77. The van der Waals surface area contributed by atoms with E-state index in [2.05, 4.69) is 0 Å². The Hall–Kier alpha value is -0.866. The molecule has 0 amide bonds. The first-order chi connectivity index (χ1) is 12.7. The van der Waals surface area contributed by atoms with Gasteiger partial charge in [0.1, 0.15) is 11.7 Å². The molecule has 0 radical (unpaired) electrons. The summed E-state index contributed by atoms with van der Waals surface area (Å²) in [6, 6.07) is 1.07. The summed E-state index contributed by atoms with van der Waals surface area (Å²) in [5, 5.41) is 16.1. The molecule has 0 bridgehead atoms. The van der Waals surface area contributed by atoms with Crippen LogP contribution in [-0.4, -0.2) is 71.9 Å². The Morgan fingerprint density at radius 2 is 0.926 bits per heavy atom. The van der Waals surface area contributed by atoms with Gasteiger partial charge in [-0.25, -0.2) is 0 Å². The van der Waals surface area contributed by atoms with Gasteiger partial charge in [-0.2, -0.15) is 0 Å². The van der Waals surface area contributed by atoms with Crippen LogP contribution >= 0.6 is 0 Å². The molecule has 0 saturated heterocycles. The SMILES string of the molecule is CO[Si](CCCC(CCC[Si](OC)(OC)OC)(C(=N)N)C(=N)N)(OC)OC. The van der Waals surface area contributed by atoms with Gasteiger partial charge in [0.05, 0.1) is 5.41 Å². The molecule has 0 rings (SSSR count). The number of amidine groups is 2. The predicted octanol–water partition coefficient (Wildman–Crippen LogP) is 1.16. The minimum atomic E-state index is -2.74. The maximum Gasteiger partial charge on any atom is 0.500 e. The van der Waals surface area contributed by atoms with Crippen LogP contribution in [0.5, 0.6) is 0 Å². The molecule has 0 heterocycles. The Balaban J connectivity index is 5.18. The summed E-state index contributed by atoms with van der Waals surface area (Å²) in [7, 11) is 3.81. The van der Waals surface area contributed by atoms with Gasteiger partial charge < -0.3 is 38.0 Å². The number of hydrogen-bond acceptors (Lipinski definition) is 8. The van der Waals surface area contributed by atoms with E-state index in [0.29, 0.717) is 37.8 Å². The van der Waals surface area contributed by atoms with Crippen LogP contribution in [-0.2, 0) is 26.6 Å². The monoisotopic (exact) mass is 424 g/mol. The van der Waals surface area contributed by atoms with Crippen molar-refractivity contribution in [1.82, 2.24) is 0 Å². The lowest BCUT2D eigenvalue weighted by Gasteiger charge is -2.33. The molecule has 0 saturated carbocycles. The van der Waals surface area contributed by atoms with Gasteiger partial charge in [-0.3, -0.25) is 10.8 Å². The average Bonchev–Trinajstić information content (AvgIpc) is 2.67. The molecule has 0 aliphatic carbocycles. The highest BCUT2D eigenvalue weighted by Crippen LogP contribution is 2.34. The molecule has 0 aromatic rings. The number of rotatable bonds is 16. The second-order valence-corrected chi connectivity index (χ2v) is 12.4. The molecule has 27 heavy (non-hydrogen) atoms. The third-order valence-corrected chi connectivity index (χ3v) is 10.7. The van der Waals surface area contributed by atoms with Gasteiger partial charge in [-0.05, 0) is 25.7 Å². The zero-order chi connectivity index (χ0) is 21.1. The van der Waals surface area contributed by atoms with E-state index in [4.69, 9.17) is 48.8 Å². The highest BCUT2D eigenvalue weighted by atomic mass is 28.4. The van der Waals surface area contributed by atoms with Gasteiger partial charge in [0.15, 0.2) is 0 Å². The molecule has 0 aliphatic heterocycles. The minimum absolute atomic E-state index is 0.131. The summed E-state index contributed by atoms with van der Waals surface area (Å²) in [4.78, 5) is 0. The lowest BCUT2D eigenvalue weighted by Crippen LogP contribution is -2.49. The highest BCUT2D eigenvalue weighted by molar-refractivity contribution is 6.60. The van der Waals surface area contributed by atoms with Crippen LogP contribution in [0.15, 0.2) is 0 Å². The summed E-state index contributed by atoms with van der Waals surface area (Å²) in [6.07, 6.45) is 2.01. The van der Waals surface area contributed by atoms with E-state index in [1.54, 1.807) is 42.7 Å². The van der Waals surface area contributed by atoms with Gasteiger partial charge in [-0.15, -0.1) is 0 Å². The van der Waals surface area contributed by atoms with Crippen LogP contribution in [0.1, 0.15) is 25.7 Å². The van der Waals surface area contributed by atoms with Gasteiger partial charge in [0.2, 0.25) is 0 Å². The number of hydrogen-bond donors (Lipinski definition) is 4. The van der Waals surface area contributed by atoms with Crippen LogP contribution in [0.3, 0.4) is 0 Å². The van der Waals surface area contributed by atoms with Crippen molar-refractivity contribution in [1.29, 1.82) is 10.8 Å². The van der Waals surface area contributed by atoms with Gasteiger partial charge in [0, 0.05) is 54.7 Å². The van der Waals surface area contributed by atoms with E-state index in [1.165, 1.54) is 0 Å². The quantitative estimate of drug-likeness (QED) is 0.163. The molecule has 0 aromatic heterocycles. The molecule has 0 spiro atoms. The van der Waals surface area contributed by atoms with Crippen molar-refractivity contribution in [3.8, 4) is 0 Å². The van der Waals surface area contributed by atoms with Crippen LogP contribution in [0.25, 0.3) is 0 Å². The first-order valence-electron chi connectivity index (χ1n) is 8.67. The van der Waals surface area contributed by atoms with E-state index in [9.17, 15) is 0 Å². The molecule has 0 fully saturated rings. The van der Waals surface area contributed by atoms with Crippen LogP contribution in [0, 0.1) is 16.2 Å². The van der Waals surface area contributed by atoms with Crippen molar-refractivity contribution in [2.45, 2.75) is 37.8 Å². The van der Waals surface area contributed by atoms with Gasteiger partial charge in [-0.1, -0.05) is 0 Å². The Morgan fingerprint density at radius 1 is 0.667 bits per heavy atom. The Labute approximate surface area is 164 Å². The Morgan fingerprint density at radius 3 is 1.11 bits per heavy atom. The molecular weight excluding hydrogens is 388 g/mol. The van der Waals surface area contributed by atoms with E-state index in [-0.39, 0.29) is 11.7 Å². The lowest BCUT2D eigenvalue weighted by molar-refractivity contribution is 0.121. The summed E-state index contributed by atoms with van der Waals surface area (Å²) in [5.74, 6) is -0.261. The Kier molecular flexibility index (Phi) is 11.5. The maximum absolute atomic E-state index is 8.06. The third kappa shape index (κ3) is 6.60. The molecule has 12 heteroatoms. The van der Waals surface area contributed by atoms with E-state index >= 15 is 0 Å². The maximum atomic E-state index is 8.06. The largest absolute Gasteiger partial charge is 0.500 e.